The number of hydrogen-bond donors (Lipinski definition) is 0. The van der Waals surface area contributed by atoms with Crippen molar-refractivity contribution in [3.8, 4) is 5.69 Å². The van der Waals surface area contributed by atoms with E-state index in [0.717, 1.165) is 11.4 Å². The van der Waals surface area contributed by atoms with Gasteiger partial charge in [-0.25, -0.2) is 4.68 Å². The molecule has 0 saturated heterocycles. The summed E-state index contributed by atoms with van der Waals surface area (Å²) in [6.45, 7) is 2.39. The summed E-state index contributed by atoms with van der Waals surface area (Å²) in [6, 6.07) is 14.4. The maximum absolute atomic E-state index is 13.2. The number of anilines is 1. The average molecular weight is 380 g/mol. The van der Waals surface area contributed by atoms with E-state index in [4.69, 9.17) is 11.6 Å². The summed E-state index contributed by atoms with van der Waals surface area (Å²) < 4.78 is 1.72. The molecule has 0 fully saturated rings. The second-order valence-corrected chi connectivity index (χ2v) is 6.97. The number of carbonyl (C=O) groups is 2. The first-order valence-electron chi connectivity index (χ1n) is 8.81. The highest BCUT2D eigenvalue weighted by Crippen LogP contribution is 2.29. The summed E-state index contributed by atoms with van der Waals surface area (Å²) in [7, 11) is 0. The molecule has 1 amide bonds. The maximum Gasteiger partial charge on any atom is 0.259 e. The van der Waals surface area contributed by atoms with Crippen LogP contribution < -0.4 is 4.90 Å². The molecule has 0 saturated carbocycles. The van der Waals surface area contributed by atoms with Crippen LogP contribution in [0.15, 0.2) is 54.7 Å². The fourth-order valence-corrected chi connectivity index (χ4v) is 3.59. The van der Waals surface area contributed by atoms with Crippen molar-refractivity contribution in [2.75, 3.05) is 11.4 Å². The van der Waals surface area contributed by atoms with Gasteiger partial charge in [0.15, 0.2) is 5.78 Å². The number of hydrogen-bond acceptors (Lipinski definition) is 3. The molecule has 0 N–H and O–H groups in total. The Kier molecular flexibility index (Phi) is 4.54. The number of benzene rings is 2. The lowest BCUT2D eigenvalue weighted by molar-refractivity contribution is 0.0974. The average Bonchev–Trinajstić information content (AvgIpc) is 3.03. The zero-order valence-electron chi connectivity index (χ0n) is 14.9. The zero-order valence-corrected chi connectivity index (χ0v) is 15.6. The summed E-state index contributed by atoms with van der Waals surface area (Å²) in [4.78, 5) is 27.2. The van der Waals surface area contributed by atoms with Crippen molar-refractivity contribution in [1.29, 1.82) is 0 Å². The van der Waals surface area contributed by atoms with Crippen molar-refractivity contribution in [2.24, 2.45) is 0 Å². The van der Waals surface area contributed by atoms with E-state index in [1.54, 1.807) is 27.8 Å². The number of halogens is 1. The molecule has 0 aliphatic carbocycles. The Labute approximate surface area is 162 Å². The van der Waals surface area contributed by atoms with Crippen LogP contribution in [-0.4, -0.2) is 28.0 Å². The van der Waals surface area contributed by atoms with Gasteiger partial charge in [-0.05, 0) is 49.7 Å². The number of fused-ring (bicyclic) bond motifs is 1. The molecule has 0 radical (unpaired) electrons. The topological polar surface area (TPSA) is 55.2 Å². The van der Waals surface area contributed by atoms with E-state index in [2.05, 4.69) is 5.10 Å². The van der Waals surface area contributed by atoms with Crippen LogP contribution >= 0.6 is 11.6 Å². The third-order valence-corrected chi connectivity index (χ3v) is 5.01. The minimum Gasteiger partial charge on any atom is -0.308 e. The van der Waals surface area contributed by atoms with Crippen molar-refractivity contribution in [2.45, 2.75) is 19.8 Å². The highest BCUT2D eigenvalue weighted by Gasteiger charge is 2.26. The number of aryl methyl sites for hydroxylation is 1. The number of aromatic nitrogens is 2. The summed E-state index contributed by atoms with van der Waals surface area (Å²) in [6.07, 6.45) is 2.91. The first-order chi connectivity index (χ1) is 13.0. The van der Waals surface area contributed by atoms with Gasteiger partial charge in [0.2, 0.25) is 0 Å². The van der Waals surface area contributed by atoms with Gasteiger partial charge >= 0.3 is 0 Å². The second kappa shape index (κ2) is 7.00. The quantitative estimate of drug-likeness (QED) is 0.660. The van der Waals surface area contributed by atoms with E-state index < -0.39 is 0 Å². The predicted molar refractivity (Wildman–Crippen MR) is 105 cm³/mol. The van der Waals surface area contributed by atoms with Gasteiger partial charge in [-0.3, -0.25) is 9.59 Å². The number of Topliss-reactive ketones (excluding diaryl/α,β-unsaturated/α-hetero) is 1. The molecule has 6 heteroatoms. The fourth-order valence-electron chi connectivity index (χ4n) is 3.33. The standard InChI is InChI=1S/C21H18ClN3O2/c1-14-10-12-25(23-14)15-8-9-16(18(22)13-15)21(27)24-11-4-7-20(26)17-5-2-3-6-19(17)24/h2-3,5-6,8-10,12-13H,4,7,11H2,1H3. The summed E-state index contributed by atoms with van der Waals surface area (Å²) in [5.41, 5.74) is 3.33. The second-order valence-electron chi connectivity index (χ2n) is 6.57. The van der Waals surface area contributed by atoms with E-state index in [1.807, 2.05) is 43.5 Å². The lowest BCUT2D eigenvalue weighted by Gasteiger charge is -2.23. The number of para-hydroxylation sites is 1. The first kappa shape index (κ1) is 17.5. The SMILES string of the molecule is Cc1ccn(-c2ccc(C(=O)N3CCCC(=O)c4ccccc43)c(Cl)c2)n1. The van der Waals surface area contributed by atoms with Crippen molar-refractivity contribution < 1.29 is 9.59 Å². The molecule has 4 rings (SSSR count). The van der Waals surface area contributed by atoms with Crippen LogP contribution in [0.1, 0.15) is 39.3 Å². The van der Waals surface area contributed by atoms with Crippen LogP contribution in [0.5, 0.6) is 0 Å². The molecule has 0 bridgehead atoms. The van der Waals surface area contributed by atoms with Crippen molar-refractivity contribution in [1.82, 2.24) is 9.78 Å². The Morgan fingerprint density at radius 2 is 1.96 bits per heavy atom. The summed E-state index contributed by atoms with van der Waals surface area (Å²) in [5, 5.41) is 4.72. The maximum atomic E-state index is 13.2. The normalized spacial score (nSPS) is 14.0. The van der Waals surface area contributed by atoms with Crippen LogP contribution in [0.25, 0.3) is 5.69 Å². The van der Waals surface area contributed by atoms with Gasteiger partial charge in [-0.2, -0.15) is 5.10 Å². The number of amides is 1. The summed E-state index contributed by atoms with van der Waals surface area (Å²) in [5.74, 6) is -0.137. The molecule has 0 unspecified atom stereocenters. The number of ketones is 1. The molecule has 5 nitrogen and oxygen atoms in total. The Bertz CT molecular complexity index is 1040. The highest BCUT2D eigenvalue weighted by molar-refractivity contribution is 6.34. The predicted octanol–water partition coefficient (Wildman–Crippen LogP) is 4.46. The van der Waals surface area contributed by atoms with Crippen molar-refractivity contribution in [3.05, 3.63) is 76.6 Å². The van der Waals surface area contributed by atoms with Crippen LogP contribution in [0, 0.1) is 6.92 Å². The first-order valence-corrected chi connectivity index (χ1v) is 9.18. The molecule has 1 aromatic heterocycles. The molecule has 0 atom stereocenters. The minimum absolute atomic E-state index is 0.0661. The molecule has 1 aliphatic heterocycles. The van der Waals surface area contributed by atoms with E-state index in [-0.39, 0.29) is 11.7 Å². The van der Waals surface area contributed by atoms with Gasteiger partial charge in [-0.15, -0.1) is 0 Å². The van der Waals surface area contributed by atoms with Crippen LogP contribution in [0.3, 0.4) is 0 Å². The van der Waals surface area contributed by atoms with E-state index in [0.29, 0.717) is 41.2 Å². The zero-order chi connectivity index (χ0) is 19.0. The smallest absolute Gasteiger partial charge is 0.259 e. The van der Waals surface area contributed by atoms with Crippen LogP contribution in [0.4, 0.5) is 5.69 Å². The molecule has 27 heavy (non-hydrogen) atoms. The third kappa shape index (κ3) is 3.26. The lowest BCUT2D eigenvalue weighted by atomic mass is 10.1. The Morgan fingerprint density at radius 1 is 1.15 bits per heavy atom. The fraction of sp³-hybridized carbons (Fsp3) is 0.190. The molecule has 0 spiro atoms. The monoisotopic (exact) mass is 379 g/mol. The Hall–Kier alpha value is -2.92. The largest absolute Gasteiger partial charge is 0.308 e. The molecule has 136 valence electrons. The number of carbonyl (C=O) groups excluding carboxylic acids is 2. The van der Waals surface area contributed by atoms with Crippen LogP contribution in [0.2, 0.25) is 5.02 Å². The van der Waals surface area contributed by atoms with Gasteiger partial charge < -0.3 is 4.90 Å². The van der Waals surface area contributed by atoms with E-state index >= 15 is 0 Å². The van der Waals surface area contributed by atoms with Gasteiger partial charge in [-0.1, -0.05) is 23.7 Å². The van der Waals surface area contributed by atoms with Crippen LogP contribution in [-0.2, 0) is 0 Å². The van der Waals surface area contributed by atoms with Crippen molar-refractivity contribution >= 4 is 29.0 Å². The molecular formula is C21H18ClN3O2. The molecule has 2 heterocycles. The lowest BCUT2D eigenvalue weighted by Crippen LogP contribution is -2.32. The number of rotatable bonds is 2. The molecule has 1 aliphatic rings. The minimum atomic E-state index is -0.203. The molecular weight excluding hydrogens is 362 g/mol. The molecule has 2 aromatic carbocycles. The van der Waals surface area contributed by atoms with Gasteiger partial charge in [0, 0.05) is 24.7 Å². The van der Waals surface area contributed by atoms with Gasteiger partial charge in [0.25, 0.3) is 5.91 Å². The van der Waals surface area contributed by atoms with E-state index in [9.17, 15) is 9.59 Å². The summed E-state index contributed by atoms with van der Waals surface area (Å²) >= 11 is 6.44. The molecule has 3 aromatic rings. The number of nitrogens with zero attached hydrogens (tertiary/aromatic N) is 3. The van der Waals surface area contributed by atoms with E-state index in [1.165, 1.54) is 0 Å². The highest BCUT2D eigenvalue weighted by atomic mass is 35.5. The van der Waals surface area contributed by atoms with Gasteiger partial charge in [0.1, 0.15) is 0 Å². The Morgan fingerprint density at radius 3 is 2.70 bits per heavy atom. The van der Waals surface area contributed by atoms with Gasteiger partial charge in [0.05, 0.1) is 27.7 Å². The third-order valence-electron chi connectivity index (χ3n) is 4.70. The Balaban J connectivity index is 1.70. The van der Waals surface area contributed by atoms with Crippen molar-refractivity contribution in [3.63, 3.8) is 0 Å².